The third kappa shape index (κ3) is 3.22. The van der Waals surface area contributed by atoms with Crippen LogP contribution in [0.5, 0.6) is 0 Å². The summed E-state index contributed by atoms with van der Waals surface area (Å²) in [7, 11) is 0. The van der Waals surface area contributed by atoms with Crippen LogP contribution in [0.1, 0.15) is 37.8 Å². The minimum Gasteiger partial charge on any atom is -0.301 e. The lowest BCUT2D eigenvalue weighted by molar-refractivity contribution is -0.115. The van der Waals surface area contributed by atoms with Gasteiger partial charge in [-0.25, -0.2) is 0 Å². The molecule has 0 unspecified atom stereocenters. The van der Waals surface area contributed by atoms with Gasteiger partial charge in [-0.1, -0.05) is 23.8 Å². The number of nitrogens with zero attached hydrogens (tertiary/aromatic N) is 3. The van der Waals surface area contributed by atoms with Gasteiger partial charge in [-0.15, -0.1) is 5.10 Å². The Morgan fingerprint density at radius 1 is 1.37 bits per heavy atom. The number of thioether (sulfide) groups is 1. The fourth-order valence-electron chi connectivity index (χ4n) is 2.23. The quantitative estimate of drug-likeness (QED) is 0.851. The second kappa shape index (κ2) is 5.83. The van der Waals surface area contributed by atoms with Gasteiger partial charge >= 0.3 is 0 Å². The maximum absolute atomic E-state index is 11.8. The van der Waals surface area contributed by atoms with Crippen molar-refractivity contribution in [1.29, 1.82) is 0 Å². The van der Waals surface area contributed by atoms with E-state index in [2.05, 4.69) is 19.9 Å². The SMILES string of the molecule is O=C1NC(=NC2CCCCC2)S/C1=C\c1csnn1. The van der Waals surface area contributed by atoms with Crippen LogP contribution in [0.25, 0.3) is 6.08 Å². The third-order valence-corrected chi connectivity index (χ3v) is 4.63. The molecule has 1 N–H and O–H groups in total. The van der Waals surface area contributed by atoms with Crippen molar-refractivity contribution in [3.8, 4) is 0 Å². The molecule has 0 bridgehead atoms. The monoisotopic (exact) mass is 294 g/mol. The van der Waals surface area contributed by atoms with Crippen molar-refractivity contribution in [3.63, 3.8) is 0 Å². The van der Waals surface area contributed by atoms with E-state index in [9.17, 15) is 4.79 Å². The molecule has 1 aliphatic heterocycles. The number of nitrogens with one attached hydrogen (secondary N) is 1. The third-order valence-electron chi connectivity index (χ3n) is 3.18. The molecule has 0 spiro atoms. The molecule has 3 rings (SSSR count). The van der Waals surface area contributed by atoms with Crippen molar-refractivity contribution in [1.82, 2.24) is 14.9 Å². The van der Waals surface area contributed by atoms with Crippen molar-refractivity contribution in [2.24, 2.45) is 4.99 Å². The molecule has 1 aromatic rings. The Hall–Kier alpha value is -1.21. The van der Waals surface area contributed by atoms with Gasteiger partial charge in [-0.05, 0) is 42.2 Å². The number of hydrogen-bond acceptors (Lipinski definition) is 6. The zero-order chi connectivity index (χ0) is 13.1. The van der Waals surface area contributed by atoms with E-state index in [0.717, 1.165) is 23.7 Å². The first-order valence-corrected chi connectivity index (χ1v) is 8.02. The standard InChI is InChI=1S/C12H14N4OS2/c17-11-10(6-9-7-18-16-15-9)19-12(14-11)13-8-4-2-1-3-5-8/h6-8H,1-5H2,(H,13,14,17)/b10-6-. The molecule has 0 atom stereocenters. The second-order valence-electron chi connectivity index (χ2n) is 4.62. The van der Waals surface area contributed by atoms with Gasteiger partial charge in [0.2, 0.25) is 0 Å². The molecule has 2 aliphatic rings. The number of hydrogen-bond donors (Lipinski definition) is 1. The number of aliphatic imine (C=N–C) groups is 1. The number of carbonyl (C=O) groups is 1. The summed E-state index contributed by atoms with van der Waals surface area (Å²) < 4.78 is 3.78. The Labute approximate surface area is 119 Å². The van der Waals surface area contributed by atoms with Crippen LogP contribution >= 0.6 is 23.3 Å². The first-order valence-electron chi connectivity index (χ1n) is 6.37. The molecule has 1 saturated heterocycles. The first kappa shape index (κ1) is 12.8. The molecule has 100 valence electrons. The molecule has 1 saturated carbocycles. The van der Waals surface area contributed by atoms with Gasteiger partial charge in [-0.2, -0.15) is 0 Å². The molecule has 1 aliphatic carbocycles. The topological polar surface area (TPSA) is 67.2 Å². The minimum atomic E-state index is -0.0902. The summed E-state index contributed by atoms with van der Waals surface area (Å²) in [5, 5.41) is 9.28. The molecule has 0 radical (unpaired) electrons. The maximum atomic E-state index is 11.8. The lowest BCUT2D eigenvalue weighted by atomic mass is 9.96. The van der Waals surface area contributed by atoms with Crippen LogP contribution in [0.15, 0.2) is 15.3 Å². The van der Waals surface area contributed by atoms with Crippen molar-refractivity contribution in [2.45, 2.75) is 38.1 Å². The molecule has 19 heavy (non-hydrogen) atoms. The molecule has 1 aromatic heterocycles. The molecule has 1 amide bonds. The second-order valence-corrected chi connectivity index (χ2v) is 6.26. The number of carbonyl (C=O) groups excluding carboxylic acids is 1. The van der Waals surface area contributed by atoms with Crippen LogP contribution in [0, 0.1) is 0 Å². The smallest absolute Gasteiger partial charge is 0.264 e. The summed E-state index contributed by atoms with van der Waals surface area (Å²) in [6.45, 7) is 0. The Kier molecular flexibility index (Phi) is 3.93. The summed E-state index contributed by atoms with van der Waals surface area (Å²) >= 11 is 2.67. The van der Waals surface area contributed by atoms with Gasteiger partial charge in [0.25, 0.3) is 5.91 Å². The van der Waals surface area contributed by atoms with Gasteiger partial charge in [0.15, 0.2) is 5.17 Å². The van der Waals surface area contributed by atoms with E-state index in [1.807, 2.05) is 5.38 Å². The molecule has 2 heterocycles. The highest BCUT2D eigenvalue weighted by Gasteiger charge is 2.25. The van der Waals surface area contributed by atoms with Gasteiger partial charge in [0, 0.05) is 5.38 Å². The number of amides is 1. The van der Waals surface area contributed by atoms with Crippen LogP contribution in [0.4, 0.5) is 0 Å². The molecule has 2 fully saturated rings. The molecule has 7 heteroatoms. The number of aromatic nitrogens is 2. The van der Waals surface area contributed by atoms with Crippen LogP contribution in [-0.4, -0.2) is 26.7 Å². The van der Waals surface area contributed by atoms with E-state index in [-0.39, 0.29) is 5.91 Å². The Balaban J connectivity index is 1.70. The minimum absolute atomic E-state index is 0.0902. The highest BCUT2D eigenvalue weighted by Crippen LogP contribution is 2.28. The normalized spacial score (nSPS) is 25.2. The van der Waals surface area contributed by atoms with Crippen molar-refractivity contribution >= 4 is 40.4 Å². The van der Waals surface area contributed by atoms with Crippen molar-refractivity contribution < 1.29 is 4.79 Å². The van der Waals surface area contributed by atoms with E-state index in [1.165, 1.54) is 42.6 Å². The summed E-state index contributed by atoms with van der Waals surface area (Å²) in [6, 6.07) is 0.372. The highest BCUT2D eigenvalue weighted by atomic mass is 32.2. The largest absolute Gasteiger partial charge is 0.301 e. The van der Waals surface area contributed by atoms with Crippen LogP contribution in [-0.2, 0) is 4.79 Å². The fourth-order valence-corrected chi connectivity index (χ4v) is 3.52. The van der Waals surface area contributed by atoms with E-state index in [1.54, 1.807) is 6.08 Å². The van der Waals surface area contributed by atoms with Crippen LogP contribution in [0.2, 0.25) is 0 Å². The molecular weight excluding hydrogens is 280 g/mol. The first-order chi connectivity index (χ1) is 9.31. The zero-order valence-corrected chi connectivity index (χ0v) is 12.0. The van der Waals surface area contributed by atoms with Crippen molar-refractivity contribution in [2.75, 3.05) is 0 Å². The van der Waals surface area contributed by atoms with E-state index in [0.29, 0.717) is 10.9 Å². The molecule has 0 aromatic carbocycles. The summed E-state index contributed by atoms with van der Waals surface area (Å²) in [4.78, 5) is 17.1. The molecule has 5 nitrogen and oxygen atoms in total. The Morgan fingerprint density at radius 2 is 2.21 bits per heavy atom. The van der Waals surface area contributed by atoms with E-state index in [4.69, 9.17) is 0 Å². The Morgan fingerprint density at radius 3 is 2.95 bits per heavy atom. The highest BCUT2D eigenvalue weighted by molar-refractivity contribution is 8.18. The maximum Gasteiger partial charge on any atom is 0.264 e. The molecular formula is C12H14N4OS2. The lowest BCUT2D eigenvalue weighted by Crippen LogP contribution is -2.22. The van der Waals surface area contributed by atoms with Gasteiger partial charge in [-0.3, -0.25) is 9.79 Å². The predicted octanol–water partition coefficient (Wildman–Crippen LogP) is 2.43. The predicted molar refractivity (Wildman–Crippen MR) is 77.9 cm³/mol. The number of rotatable bonds is 2. The summed E-state index contributed by atoms with van der Waals surface area (Å²) in [5.41, 5.74) is 0.724. The van der Waals surface area contributed by atoms with Gasteiger partial charge in [0.1, 0.15) is 0 Å². The number of amidine groups is 1. The van der Waals surface area contributed by atoms with Crippen molar-refractivity contribution in [3.05, 3.63) is 16.0 Å². The van der Waals surface area contributed by atoms with Crippen LogP contribution in [0.3, 0.4) is 0 Å². The van der Waals surface area contributed by atoms with Crippen LogP contribution < -0.4 is 5.32 Å². The average molecular weight is 294 g/mol. The lowest BCUT2D eigenvalue weighted by Gasteiger charge is -2.17. The average Bonchev–Trinajstić information content (AvgIpc) is 3.02. The van der Waals surface area contributed by atoms with Gasteiger partial charge < -0.3 is 5.32 Å². The van der Waals surface area contributed by atoms with E-state index >= 15 is 0 Å². The summed E-state index contributed by atoms with van der Waals surface area (Å²) in [5.74, 6) is -0.0902. The Bertz CT molecular complexity index is 518. The zero-order valence-electron chi connectivity index (χ0n) is 10.3. The summed E-state index contributed by atoms with van der Waals surface area (Å²) in [6.07, 6.45) is 7.82. The fraction of sp³-hybridized carbons (Fsp3) is 0.500. The van der Waals surface area contributed by atoms with E-state index < -0.39 is 0 Å². The van der Waals surface area contributed by atoms with Gasteiger partial charge in [0.05, 0.1) is 16.6 Å².